The van der Waals surface area contributed by atoms with Crippen LogP contribution in [0.5, 0.6) is 0 Å². The summed E-state index contributed by atoms with van der Waals surface area (Å²) in [6, 6.07) is -0.100. The van der Waals surface area contributed by atoms with Crippen LogP contribution in [0.25, 0.3) is 0 Å². The van der Waals surface area contributed by atoms with Gasteiger partial charge in [-0.05, 0) is 6.42 Å². The van der Waals surface area contributed by atoms with Crippen molar-refractivity contribution >= 4 is 5.91 Å². The summed E-state index contributed by atoms with van der Waals surface area (Å²) in [4.78, 5) is 11.6. The zero-order valence-electron chi connectivity index (χ0n) is 6.89. The van der Waals surface area contributed by atoms with E-state index in [4.69, 9.17) is 0 Å². The van der Waals surface area contributed by atoms with Gasteiger partial charge in [-0.25, -0.2) is 4.90 Å². The van der Waals surface area contributed by atoms with E-state index in [2.05, 4.69) is 5.32 Å². The molecule has 1 atom stereocenters. The van der Waals surface area contributed by atoms with E-state index in [0.717, 1.165) is 4.90 Å². The number of amides is 1. The minimum Gasteiger partial charge on any atom is -0.352 e. The maximum absolute atomic E-state index is 12.1. The smallest absolute Gasteiger partial charge is 0.294 e. The molecule has 0 radical (unpaired) electrons. The van der Waals surface area contributed by atoms with Crippen LogP contribution in [-0.4, -0.2) is 36.5 Å². The third kappa shape index (κ3) is 2.41. The maximum atomic E-state index is 12.1. The van der Waals surface area contributed by atoms with E-state index in [1.54, 1.807) is 0 Å². The van der Waals surface area contributed by atoms with Gasteiger partial charge in [-0.3, -0.25) is 4.79 Å². The fraction of sp³-hybridized carbons (Fsp3) is 0.857. The molecule has 1 unspecified atom stereocenters. The van der Waals surface area contributed by atoms with Gasteiger partial charge >= 0.3 is 0 Å². The van der Waals surface area contributed by atoms with Gasteiger partial charge < -0.3 is 5.32 Å². The molecule has 1 saturated heterocycles. The first-order chi connectivity index (χ1) is 5.59. The Morgan fingerprint density at radius 3 is 2.75 bits per heavy atom. The van der Waals surface area contributed by atoms with Gasteiger partial charge in [0.2, 0.25) is 5.91 Å². The number of alkyl halides is 2. The molecule has 70 valence electrons. The van der Waals surface area contributed by atoms with Gasteiger partial charge in [-0.1, -0.05) is 0 Å². The number of hydrogen-bond acceptors (Lipinski definition) is 2. The van der Waals surface area contributed by atoms with Gasteiger partial charge in [0.25, 0.3) is 6.55 Å². The van der Waals surface area contributed by atoms with Crippen LogP contribution >= 0.6 is 0 Å². The summed E-state index contributed by atoms with van der Waals surface area (Å²) in [6.45, 7) is -0.381. The van der Waals surface area contributed by atoms with E-state index in [1.165, 1.54) is 6.92 Å². The summed E-state index contributed by atoms with van der Waals surface area (Å²) in [5.74, 6) is -0.156. The molecule has 0 saturated carbocycles. The summed E-state index contributed by atoms with van der Waals surface area (Å²) in [6.07, 6.45) is 0.615. The van der Waals surface area contributed by atoms with Crippen molar-refractivity contribution in [3.05, 3.63) is 0 Å². The van der Waals surface area contributed by atoms with Gasteiger partial charge in [-0.15, -0.1) is 0 Å². The van der Waals surface area contributed by atoms with E-state index in [-0.39, 0.29) is 18.5 Å². The quantitative estimate of drug-likeness (QED) is 0.621. The van der Waals surface area contributed by atoms with E-state index in [0.29, 0.717) is 13.0 Å². The van der Waals surface area contributed by atoms with E-state index < -0.39 is 6.55 Å². The molecular weight excluding hydrogens is 166 g/mol. The zero-order chi connectivity index (χ0) is 9.14. The number of nitrogens with one attached hydrogen (secondary N) is 1. The molecule has 5 heteroatoms. The minimum absolute atomic E-state index is 0.100. The van der Waals surface area contributed by atoms with Crippen LogP contribution in [0.3, 0.4) is 0 Å². The molecule has 0 bridgehead atoms. The number of nitrogens with zero attached hydrogens (tertiary/aromatic N) is 1. The van der Waals surface area contributed by atoms with E-state index >= 15 is 0 Å². The highest BCUT2D eigenvalue weighted by molar-refractivity contribution is 5.73. The molecule has 1 N–H and O–H groups in total. The second-order valence-electron chi connectivity index (χ2n) is 2.96. The highest BCUT2D eigenvalue weighted by Gasteiger charge is 2.27. The Kier molecular flexibility index (Phi) is 2.97. The second-order valence-corrected chi connectivity index (χ2v) is 2.96. The van der Waals surface area contributed by atoms with Crippen molar-refractivity contribution in [1.29, 1.82) is 0 Å². The first kappa shape index (κ1) is 9.38. The lowest BCUT2D eigenvalue weighted by Crippen LogP contribution is -2.36. The molecule has 1 aliphatic heterocycles. The van der Waals surface area contributed by atoms with Crippen LogP contribution in [0.2, 0.25) is 0 Å². The number of carbonyl (C=O) groups is 1. The molecule has 0 aromatic rings. The second kappa shape index (κ2) is 3.80. The molecular formula is C7H12F2N2O. The highest BCUT2D eigenvalue weighted by atomic mass is 19.3. The molecule has 3 nitrogen and oxygen atoms in total. The van der Waals surface area contributed by atoms with Crippen molar-refractivity contribution in [2.75, 3.05) is 13.1 Å². The molecule has 0 aliphatic carbocycles. The van der Waals surface area contributed by atoms with E-state index in [9.17, 15) is 13.6 Å². The monoisotopic (exact) mass is 178 g/mol. The van der Waals surface area contributed by atoms with Crippen molar-refractivity contribution in [1.82, 2.24) is 10.2 Å². The molecule has 1 aliphatic rings. The zero-order valence-corrected chi connectivity index (χ0v) is 6.89. The van der Waals surface area contributed by atoms with Crippen molar-refractivity contribution in [3.8, 4) is 0 Å². The summed E-state index contributed by atoms with van der Waals surface area (Å²) >= 11 is 0. The van der Waals surface area contributed by atoms with Crippen molar-refractivity contribution in [2.24, 2.45) is 0 Å². The van der Waals surface area contributed by atoms with Gasteiger partial charge in [0.1, 0.15) is 0 Å². The third-order valence-electron chi connectivity index (χ3n) is 1.90. The number of halogens is 2. The predicted octanol–water partition coefficient (Wildman–Crippen LogP) is 0.419. The lowest BCUT2D eigenvalue weighted by atomic mass is 10.3. The first-order valence-electron chi connectivity index (χ1n) is 3.89. The lowest BCUT2D eigenvalue weighted by Gasteiger charge is -2.14. The number of rotatable bonds is 2. The maximum Gasteiger partial charge on any atom is 0.294 e. The molecule has 1 amide bonds. The summed E-state index contributed by atoms with van der Waals surface area (Å²) in [5, 5.41) is 2.61. The molecule has 12 heavy (non-hydrogen) atoms. The molecule has 0 aromatic carbocycles. The Labute approximate surface area is 69.7 Å². The van der Waals surface area contributed by atoms with Crippen LogP contribution in [0.15, 0.2) is 0 Å². The van der Waals surface area contributed by atoms with Gasteiger partial charge in [0.15, 0.2) is 0 Å². The van der Waals surface area contributed by atoms with E-state index in [1.807, 2.05) is 0 Å². The Bertz CT molecular complexity index is 175. The molecule has 1 heterocycles. The average Bonchev–Trinajstić information content (AvgIpc) is 2.34. The summed E-state index contributed by atoms with van der Waals surface area (Å²) < 4.78 is 24.1. The number of carbonyl (C=O) groups excluding carboxylic acids is 1. The minimum atomic E-state index is -2.40. The first-order valence-corrected chi connectivity index (χ1v) is 3.89. The van der Waals surface area contributed by atoms with Crippen molar-refractivity contribution < 1.29 is 13.6 Å². The third-order valence-corrected chi connectivity index (χ3v) is 1.90. The van der Waals surface area contributed by atoms with Crippen LogP contribution < -0.4 is 5.32 Å². The van der Waals surface area contributed by atoms with Crippen LogP contribution in [-0.2, 0) is 4.79 Å². The fourth-order valence-corrected chi connectivity index (χ4v) is 1.37. The fourth-order valence-electron chi connectivity index (χ4n) is 1.37. The van der Waals surface area contributed by atoms with Crippen LogP contribution in [0.4, 0.5) is 8.78 Å². The lowest BCUT2D eigenvalue weighted by molar-refractivity contribution is -0.119. The Hall–Kier alpha value is -0.710. The Morgan fingerprint density at radius 2 is 2.33 bits per heavy atom. The molecule has 1 rings (SSSR count). The molecule has 1 fully saturated rings. The van der Waals surface area contributed by atoms with Gasteiger partial charge in [0.05, 0.1) is 0 Å². The number of likely N-dealkylation sites (tertiary alicyclic amines) is 1. The normalized spacial score (nSPS) is 24.8. The summed E-state index contributed by atoms with van der Waals surface area (Å²) in [5.41, 5.74) is 0. The largest absolute Gasteiger partial charge is 0.352 e. The van der Waals surface area contributed by atoms with Gasteiger partial charge in [0, 0.05) is 26.1 Å². The molecule has 0 spiro atoms. The van der Waals surface area contributed by atoms with Gasteiger partial charge in [-0.2, -0.15) is 8.78 Å². The SMILES string of the molecule is CC(=O)NC1CCN(C(F)F)C1. The van der Waals surface area contributed by atoms with Crippen molar-refractivity contribution in [2.45, 2.75) is 25.9 Å². The Balaban J connectivity index is 2.30. The topological polar surface area (TPSA) is 32.3 Å². The Morgan fingerprint density at radius 1 is 1.67 bits per heavy atom. The van der Waals surface area contributed by atoms with Crippen LogP contribution in [0, 0.1) is 0 Å². The standard InChI is InChI=1S/C7H12F2N2O/c1-5(12)10-6-2-3-11(4-6)7(8)9/h6-7H,2-4H2,1H3,(H,10,12). The molecule has 0 aromatic heterocycles. The highest BCUT2D eigenvalue weighted by Crippen LogP contribution is 2.13. The predicted molar refractivity (Wildman–Crippen MR) is 39.8 cm³/mol. The van der Waals surface area contributed by atoms with Crippen molar-refractivity contribution in [3.63, 3.8) is 0 Å². The van der Waals surface area contributed by atoms with Crippen LogP contribution in [0.1, 0.15) is 13.3 Å². The summed E-state index contributed by atoms with van der Waals surface area (Å²) in [7, 11) is 0. The average molecular weight is 178 g/mol. The number of hydrogen-bond donors (Lipinski definition) is 1.